The van der Waals surface area contributed by atoms with Gasteiger partial charge in [0.25, 0.3) is 5.22 Å². The zero-order valence-corrected chi connectivity index (χ0v) is 19.1. The molecule has 0 spiro atoms. The molecule has 0 amide bonds. The van der Waals surface area contributed by atoms with E-state index in [0.29, 0.717) is 19.7 Å². The van der Waals surface area contributed by atoms with Crippen molar-refractivity contribution in [3.8, 4) is 17.2 Å². The Morgan fingerprint density at radius 3 is 2.56 bits per heavy atom. The number of phenolic OH excluding ortho intramolecular Hbond substituents is 1. The van der Waals surface area contributed by atoms with E-state index < -0.39 is 5.97 Å². The summed E-state index contributed by atoms with van der Waals surface area (Å²) in [6.45, 7) is 0. The summed E-state index contributed by atoms with van der Waals surface area (Å²) in [4.78, 5) is 11.6. The molecule has 0 aliphatic carbocycles. The van der Waals surface area contributed by atoms with Gasteiger partial charge in [0, 0.05) is 19.7 Å². The van der Waals surface area contributed by atoms with E-state index in [4.69, 9.17) is 16.0 Å². The number of hydrogen-bond donors (Lipinski definition) is 2. The van der Waals surface area contributed by atoms with Gasteiger partial charge in [-0.1, -0.05) is 11.6 Å². The predicted octanol–water partition coefficient (Wildman–Crippen LogP) is 5.52. The number of carboxylic acid groups (broad SMARTS) is 1. The molecule has 0 aliphatic rings. The van der Waals surface area contributed by atoms with Crippen molar-refractivity contribution in [2.75, 3.05) is 0 Å². The van der Waals surface area contributed by atoms with E-state index in [2.05, 4.69) is 32.8 Å². The summed E-state index contributed by atoms with van der Waals surface area (Å²) in [5.41, 5.74) is 1.07. The average molecular weight is 627 g/mol. The van der Waals surface area contributed by atoms with Crippen LogP contribution in [-0.4, -0.2) is 26.4 Å². The standard InChI is InChI=1S/C17H9ClI2N2O4S/c18-10-3-1-8(2-4-10)15-21-22-17(26-15)27-13(16(24)25)6-9-5-11(19)7-12(20)14(9)23/h1-7,23H,(H,24,25)/b13-6-. The van der Waals surface area contributed by atoms with Crippen LogP contribution < -0.4 is 0 Å². The van der Waals surface area contributed by atoms with Gasteiger partial charge in [-0.15, -0.1) is 10.2 Å². The summed E-state index contributed by atoms with van der Waals surface area (Å²) in [6, 6.07) is 10.3. The lowest BCUT2D eigenvalue weighted by Crippen LogP contribution is -1.97. The second-order valence-electron chi connectivity index (χ2n) is 5.12. The normalized spacial score (nSPS) is 11.6. The van der Waals surface area contributed by atoms with Gasteiger partial charge in [0.15, 0.2) is 0 Å². The van der Waals surface area contributed by atoms with Crippen LogP contribution in [0.5, 0.6) is 5.75 Å². The number of hydrogen-bond acceptors (Lipinski definition) is 6. The highest BCUT2D eigenvalue weighted by Gasteiger charge is 2.17. The molecule has 0 saturated heterocycles. The number of benzene rings is 2. The monoisotopic (exact) mass is 626 g/mol. The highest BCUT2D eigenvalue weighted by Crippen LogP contribution is 2.34. The molecule has 3 rings (SSSR count). The topological polar surface area (TPSA) is 96.5 Å². The maximum atomic E-state index is 11.6. The molecule has 1 aromatic heterocycles. The molecule has 138 valence electrons. The SMILES string of the molecule is O=C(O)/C(=C/c1cc(I)cc(I)c1O)Sc1nnc(-c2ccc(Cl)cc2)o1. The van der Waals surface area contributed by atoms with Crippen molar-refractivity contribution in [1.82, 2.24) is 10.2 Å². The number of halogens is 3. The lowest BCUT2D eigenvalue weighted by atomic mass is 10.2. The van der Waals surface area contributed by atoms with Crippen molar-refractivity contribution in [3.63, 3.8) is 0 Å². The summed E-state index contributed by atoms with van der Waals surface area (Å²) in [6.07, 6.45) is 1.37. The highest BCUT2D eigenvalue weighted by atomic mass is 127. The smallest absolute Gasteiger partial charge is 0.342 e. The molecule has 0 aliphatic heterocycles. The van der Waals surface area contributed by atoms with E-state index >= 15 is 0 Å². The third kappa shape index (κ3) is 5.15. The van der Waals surface area contributed by atoms with Crippen molar-refractivity contribution in [1.29, 1.82) is 0 Å². The van der Waals surface area contributed by atoms with Gasteiger partial charge in [-0.2, -0.15) is 0 Å². The lowest BCUT2D eigenvalue weighted by molar-refractivity contribution is -0.131. The maximum absolute atomic E-state index is 11.6. The number of nitrogens with zero attached hydrogens (tertiary/aromatic N) is 2. The molecule has 27 heavy (non-hydrogen) atoms. The third-order valence-corrected chi connectivity index (χ3v) is 5.80. The fourth-order valence-electron chi connectivity index (χ4n) is 2.03. The van der Waals surface area contributed by atoms with Gasteiger partial charge < -0.3 is 14.6 Å². The summed E-state index contributed by atoms with van der Waals surface area (Å²) in [5, 5.41) is 28.1. The van der Waals surface area contributed by atoms with Crippen LogP contribution in [0, 0.1) is 7.14 Å². The molecule has 0 radical (unpaired) electrons. The minimum atomic E-state index is -1.17. The van der Waals surface area contributed by atoms with Crippen LogP contribution in [0.15, 0.2) is 50.9 Å². The highest BCUT2D eigenvalue weighted by molar-refractivity contribution is 14.1. The Balaban J connectivity index is 1.90. The number of carboxylic acids is 1. The fraction of sp³-hybridized carbons (Fsp3) is 0. The molecule has 2 aromatic carbocycles. The van der Waals surface area contributed by atoms with E-state index in [0.717, 1.165) is 15.3 Å². The first kappa shape index (κ1) is 20.4. The minimum Gasteiger partial charge on any atom is -0.506 e. The van der Waals surface area contributed by atoms with Gasteiger partial charge in [0.2, 0.25) is 5.89 Å². The van der Waals surface area contributed by atoms with Gasteiger partial charge in [0.05, 0.1) is 3.57 Å². The molecule has 0 fully saturated rings. The number of rotatable bonds is 5. The summed E-state index contributed by atoms with van der Waals surface area (Å²) in [7, 11) is 0. The van der Waals surface area contributed by atoms with Crippen LogP contribution in [0.2, 0.25) is 5.02 Å². The largest absolute Gasteiger partial charge is 0.506 e. The Morgan fingerprint density at radius 2 is 1.89 bits per heavy atom. The average Bonchev–Trinajstić information content (AvgIpc) is 3.07. The molecular formula is C17H9ClI2N2O4S. The molecular weight excluding hydrogens is 618 g/mol. The van der Waals surface area contributed by atoms with Crippen LogP contribution >= 0.6 is 68.5 Å². The Morgan fingerprint density at radius 1 is 1.19 bits per heavy atom. The van der Waals surface area contributed by atoms with Crippen molar-refractivity contribution >= 4 is 80.6 Å². The van der Waals surface area contributed by atoms with Gasteiger partial charge >= 0.3 is 5.97 Å². The molecule has 3 aromatic rings. The molecule has 6 nitrogen and oxygen atoms in total. The number of aliphatic carboxylic acids is 1. The first-order valence-electron chi connectivity index (χ1n) is 7.24. The molecule has 0 bridgehead atoms. The van der Waals surface area contributed by atoms with Gasteiger partial charge in [-0.3, -0.25) is 0 Å². The molecule has 0 unspecified atom stereocenters. The second-order valence-corrected chi connectivity index (χ2v) is 8.96. The van der Waals surface area contributed by atoms with Crippen molar-refractivity contribution in [2.45, 2.75) is 5.22 Å². The van der Waals surface area contributed by atoms with E-state index in [1.54, 1.807) is 36.4 Å². The lowest BCUT2D eigenvalue weighted by Gasteiger charge is -2.05. The van der Waals surface area contributed by atoms with Gasteiger partial charge in [0.1, 0.15) is 10.7 Å². The summed E-state index contributed by atoms with van der Waals surface area (Å²) in [5.74, 6) is -0.896. The zero-order valence-electron chi connectivity index (χ0n) is 13.2. The number of aromatic hydroxyl groups is 1. The van der Waals surface area contributed by atoms with Gasteiger partial charge in [-0.25, -0.2) is 4.79 Å². The van der Waals surface area contributed by atoms with Crippen LogP contribution in [0.4, 0.5) is 0 Å². The maximum Gasteiger partial charge on any atom is 0.342 e. The molecule has 2 N–H and O–H groups in total. The molecule has 0 atom stereocenters. The molecule has 1 heterocycles. The quantitative estimate of drug-likeness (QED) is 0.219. The van der Waals surface area contributed by atoms with E-state index in [-0.39, 0.29) is 21.8 Å². The Kier molecular flexibility index (Phi) is 6.65. The van der Waals surface area contributed by atoms with Crippen LogP contribution in [0.3, 0.4) is 0 Å². The van der Waals surface area contributed by atoms with E-state index in [1.165, 1.54) is 6.08 Å². The molecule has 10 heteroatoms. The first-order valence-corrected chi connectivity index (χ1v) is 10.6. The van der Waals surface area contributed by atoms with Gasteiger partial charge in [-0.05, 0) is 99.4 Å². The Labute approximate surface area is 190 Å². The zero-order chi connectivity index (χ0) is 19.6. The summed E-state index contributed by atoms with van der Waals surface area (Å²) >= 11 is 10.7. The summed E-state index contributed by atoms with van der Waals surface area (Å²) < 4.78 is 7.04. The Hall–Kier alpha value is -1.31. The van der Waals surface area contributed by atoms with Crippen LogP contribution in [0.1, 0.15) is 5.56 Å². The van der Waals surface area contributed by atoms with Crippen LogP contribution in [-0.2, 0) is 4.79 Å². The minimum absolute atomic E-state index is 0.0164. The number of thioether (sulfide) groups is 1. The second kappa shape index (κ2) is 8.80. The Bertz CT molecular complexity index is 1040. The van der Waals surface area contributed by atoms with Crippen molar-refractivity contribution < 1.29 is 19.4 Å². The number of phenols is 1. The van der Waals surface area contributed by atoms with E-state index in [9.17, 15) is 15.0 Å². The predicted molar refractivity (Wildman–Crippen MR) is 120 cm³/mol. The first-order chi connectivity index (χ1) is 12.8. The fourth-order valence-corrected chi connectivity index (χ4v) is 4.71. The van der Waals surface area contributed by atoms with Crippen molar-refractivity contribution in [2.24, 2.45) is 0 Å². The van der Waals surface area contributed by atoms with Crippen molar-refractivity contribution in [3.05, 3.63) is 59.0 Å². The molecule has 0 saturated carbocycles. The third-order valence-electron chi connectivity index (χ3n) is 3.25. The van der Waals surface area contributed by atoms with Crippen LogP contribution in [0.25, 0.3) is 17.5 Å². The number of aromatic nitrogens is 2. The number of carbonyl (C=O) groups is 1. The van der Waals surface area contributed by atoms with E-state index in [1.807, 2.05) is 22.6 Å².